The van der Waals surface area contributed by atoms with E-state index in [1.807, 2.05) is 13.0 Å². The molecule has 0 unspecified atom stereocenters. The molecule has 0 aliphatic heterocycles. The van der Waals surface area contributed by atoms with Gasteiger partial charge in [-0.25, -0.2) is 10.9 Å². The van der Waals surface area contributed by atoms with E-state index in [0.717, 1.165) is 5.56 Å². The Morgan fingerprint density at radius 1 is 1.37 bits per heavy atom. The Balaban J connectivity index is 2.82. The summed E-state index contributed by atoms with van der Waals surface area (Å²) in [4.78, 5) is 11.8. The van der Waals surface area contributed by atoms with Gasteiger partial charge < -0.3 is 20.4 Å². The minimum Gasteiger partial charge on any atom is -0.394 e. The molecule has 0 bridgehead atoms. The minimum atomic E-state index is -1.92. The van der Waals surface area contributed by atoms with Gasteiger partial charge >= 0.3 is 0 Å². The number of carbonyl (C=O) groups is 1. The van der Waals surface area contributed by atoms with Gasteiger partial charge in [-0.05, 0) is 24.6 Å². The minimum absolute atomic E-state index is 0.342. The first-order valence-corrected chi connectivity index (χ1v) is 5.69. The quantitative estimate of drug-likeness (QED) is 0.246. The van der Waals surface area contributed by atoms with Crippen molar-refractivity contribution in [1.29, 1.82) is 0 Å². The highest BCUT2D eigenvalue weighted by molar-refractivity contribution is 5.95. The lowest BCUT2D eigenvalue weighted by atomic mass is 10.1. The highest BCUT2D eigenvalue weighted by atomic mass is 16.4. The van der Waals surface area contributed by atoms with Crippen LogP contribution >= 0.6 is 0 Å². The highest BCUT2D eigenvalue weighted by Crippen LogP contribution is 2.15. The van der Waals surface area contributed by atoms with Crippen LogP contribution in [0.15, 0.2) is 24.3 Å². The Morgan fingerprint density at radius 3 is 2.53 bits per heavy atom. The molecule has 19 heavy (non-hydrogen) atoms. The number of amides is 1. The number of benzene rings is 1. The summed E-state index contributed by atoms with van der Waals surface area (Å²) < 4.78 is 0. The van der Waals surface area contributed by atoms with Gasteiger partial charge in [-0.1, -0.05) is 12.1 Å². The zero-order valence-electron chi connectivity index (χ0n) is 10.5. The normalized spacial score (nSPS) is 15.7. The predicted molar refractivity (Wildman–Crippen MR) is 68.0 cm³/mol. The molecule has 0 aromatic heterocycles. The van der Waals surface area contributed by atoms with Gasteiger partial charge in [-0.15, -0.1) is 0 Å². The Labute approximate surface area is 110 Å². The average Bonchev–Trinajstić information content (AvgIpc) is 2.43. The van der Waals surface area contributed by atoms with Crippen molar-refractivity contribution in [3.8, 4) is 0 Å². The molecule has 1 aromatic carbocycles. The monoisotopic (exact) mass is 270 g/mol. The Morgan fingerprint density at radius 2 is 2.00 bits per heavy atom. The average molecular weight is 270 g/mol. The molecule has 106 valence electrons. The zero-order chi connectivity index (χ0) is 14.6. The van der Waals surface area contributed by atoms with Crippen molar-refractivity contribution in [2.45, 2.75) is 25.2 Å². The van der Waals surface area contributed by atoms with Crippen molar-refractivity contribution < 1.29 is 25.2 Å². The lowest BCUT2D eigenvalue weighted by molar-refractivity contribution is -0.139. The molecule has 0 spiro atoms. The van der Waals surface area contributed by atoms with Crippen molar-refractivity contribution in [3.05, 3.63) is 29.8 Å². The number of aryl methyl sites for hydroxylation is 1. The fraction of sp³-hybridized carbons (Fsp3) is 0.417. The van der Waals surface area contributed by atoms with Crippen LogP contribution in [0.25, 0.3) is 0 Å². The van der Waals surface area contributed by atoms with Crippen LogP contribution in [0.5, 0.6) is 0 Å². The molecule has 0 fully saturated rings. The third-order valence-corrected chi connectivity index (χ3v) is 2.68. The summed E-state index contributed by atoms with van der Waals surface area (Å²) in [5.41, 5.74) is 1.21. The van der Waals surface area contributed by atoms with Gasteiger partial charge in [0.15, 0.2) is 6.10 Å². The van der Waals surface area contributed by atoms with Crippen molar-refractivity contribution >= 4 is 11.6 Å². The number of hydrogen-bond donors (Lipinski definition) is 5. The first-order chi connectivity index (χ1) is 8.88. The SMILES string of the molecule is Cc1cccc(N(N)C(=O)[C@@H](O)[C@H](O)[C@H](O)CO)c1. The maximum Gasteiger partial charge on any atom is 0.272 e. The third-order valence-electron chi connectivity index (χ3n) is 2.68. The molecule has 7 heteroatoms. The molecule has 7 nitrogen and oxygen atoms in total. The number of carbonyl (C=O) groups excluding carboxylic acids is 1. The molecule has 0 radical (unpaired) electrons. The number of nitrogens with zero attached hydrogens (tertiary/aromatic N) is 1. The number of hydrazine groups is 1. The van der Waals surface area contributed by atoms with Gasteiger partial charge in [0.2, 0.25) is 0 Å². The Bertz CT molecular complexity index is 440. The number of aliphatic hydroxyl groups is 4. The van der Waals surface area contributed by atoms with Gasteiger partial charge in [0.25, 0.3) is 5.91 Å². The molecular formula is C12H18N2O5. The second-order valence-corrected chi connectivity index (χ2v) is 4.23. The summed E-state index contributed by atoms with van der Waals surface area (Å²) in [5, 5.41) is 37.5. The first kappa shape index (κ1) is 15.5. The van der Waals surface area contributed by atoms with Crippen LogP contribution in [0.2, 0.25) is 0 Å². The predicted octanol–water partition coefficient (Wildman–Crippen LogP) is -1.72. The van der Waals surface area contributed by atoms with Crippen molar-refractivity contribution in [3.63, 3.8) is 0 Å². The van der Waals surface area contributed by atoms with Crippen LogP contribution in [0.4, 0.5) is 5.69 Å². The van der Waals surface area contributed by atoms with Crippen LogP contribution in [0, 0.1) is 6.92 Å². The van der Waals surface area contributed by atoms with Gasteiger partial charge in [0.05, 0.1) is 12.3 Å². The maximum absolute atomic E-state index is 11.8. The topological polar surface area (TPSA) is 127 Å². The summed E-state index contributed by atoms with van der Waals surface area (Å²) in [6, 6.07) is 6.68. The number of rotatable bonds is 5. The van der Waals surface area contributed by atoms with Crippen molar-refractivity contribution in [1.82, 2.24) is 0 Å². The summed E-state index contributed by atoms with van der Waals surface area (Å²) in [6.45, 7) is 1.03. The summed E-state index contributed by atoms with van der Waals surface area (Å²) in [6.07, 6.45) is -5.36. The van der Waals surface area contributed by atoms with E-state index in [2.05, 4.69) is 0 Å². The van der Waals surface area contributed by atoms with E-state index in [-0.39, 0.29) is 0 Å². The molecule has 3 atom stereocenters. The van der Waals surface area contributed by atoms with E-state index in [1.54, 1.807) is 18.2 Å². The number of hydrogen-bond acceptors (Lipinski definition) is 6. The molecule has 0 heterocycles. The molecule has 0 aliphatic rings. The summed E-state index contributed by atoms with van der Waals surface area (Å²) >= 11 is 0. The largest absolute Gasteiger partial charge is 0.394 e. The number of aliphatic hydroxyl groups excluding tert-OH is 4. The molecule has 1 rings (SSSR count). The van der Waals surface area contributed by atoms with E-state index >= 15 is 0 Å². The van der Waals surface area contributed by atoms with Crippen LogP contribution in [-0.4, -0.2) is 51.3 Å². The van der Waals surface area contributed by atoms with Crippen LogP contribution in [0.3, 0.4) is 0 Å². The van der Waals surface area contributed by atoms with Gasteiger partial charge in [-0.2, -0.15) is 0 Å². The third kappa shape index (κ3) is 3.72. The fourth-order valence-electron chi connectivity index (χ4n) is 1.51. The Hall–Kier alpha value is -1.51. The van der Waals surface area contributed by atoms with Crippen molar-refractivity contribution in [2.75, 3.05) is 11.6 Å². The molecule has 6 N–H and O–H groups in total. The molecule has 1 amide bonds. The van der Waals surface area contributed by atoms with E-state index in [9.17, 15) is 20.1 Å². The van der Waals surface area contributed by atoms with Gasteiger partial charge in [0.1, 0.15) is 12.2 Å². The lowest BCUT2D eigenvalue weighted by Gasteiger charge is -2.25. The Kier molecular flexibility index (Phi) is 5.40. The maximum atomic E-state index is 11.8. The second-order valence-electron chi connectivity index (χ2n) is 4.23. The summed E-state index contributed by atoms with van der Waals surface area (Å²) in [5.74, 6) is 4.58. The van der Waals surface area contributed by atoms with Crippen LogP contribution in [0.1, 0.15) is 5.56 Å². The molecule has 0 aliphatic carbocycles. The summed E-state index contributed by atoms with van der Waals surface area (Å²) in [7, 11) is 0. The van der Waals surface area contributed by atoms with E-state index in [0.29, 0.717) is 10.7 Å². The molecule has 0 saturated heterocycles. The van der Waals surface area contributed by atoms with E-state index in [4.69, 9.17) is 10.9 Å². The lowest BCUT2D eigenvalue weighted by Crippen LogP contribution is -2.52. The van der Waals surface area contributed by atoms with Crippen LogP contribution < -0.4 is 10.9 Å². The molecule has 0 saturated carbocycles. The zero-order valence-corrected chi connectivity index (χ0v) is 10.5. The smallest absolute Gasteiger partial charge is 0.272 e. The van der Waals surface area contributed by atoms with Gasteiger partial charge in [-0.3, -0.25) is 4.79 Å². The second kappa shape index (κ2) is 6.60. The van der Waals surface area contributed by atoms with Gasteiger partial charge in [0, 0.05) is 0 Å². The van der Waals surface area contributed by atoms with E-state index < -0.39 is 30.8 Å². The number of nitrogens with two attached hydrogens (primary N) is 1. The van der Waals surface area contributed by atoms with E-state index in [1.165, 1.54) is 0 Å². The standard InChI is InChI=1S/C12H18N2O5/c1-7-3-2-4-8(5-7)14(13)12(19)11(18)10(17)9(16)6-15/h2-5,9-11,15-18H,6,13H2,1H3/t9-,10-,11+/m1/s1. The first-order valence-electron chi connectivity index (χ1n) is 5.69. The fourth-order valence-corrected chi connectivity index (χ4v) is 1.51. The van der Waals surface area contributed by atoms with Crippen LogP contribution in [-0.2, 0) is 4.79 Å². The molecule has 1 aromatic rings. The number of anilines is 1. The van der Waals surface area contributed by atoms with Crippen molar-refractivity contribution in [2.24, 2.45) is 5.84 Å². The highest BCUT2D eigenvalue weighted by Gasteiger charge is 2.32. The molecular weight excluding hydrogens is 252 g/mol.